The van der Waals surface area contributed by atoms with Crippen molar-refractivity contribution in [2.45, 2.75) is 38.3 Å². The van der Waals surface area contributed by atoms with E-state index in [0.717, 1.165) is 18.5 Å². The molecule has 0 radical (unpaired) electrons. The Hall–Kier alpha value is -1.46. The molecule has 5 nitrogen and oxygen atoms in total. The maximum Gasteiger partial charge on any atom is 0.269 e. The number of piperidine rings is 1. The van der Waals surface area contributed by atoms with Gasteiger partial charge in [-0.2, -0.15) is 0 Å². The second kappa shape index (κ2) is 6.12. The number of nitro groups is 1. The Morgan fingerprint density at radius 3 is 3.00 bits per heavy atom. The minimum Gasteiger partial charge on any atom is -0.329 e. The molecular formula is C14H21N3O2. The zero-order valence-electron chi connectivity index (χ0n) is 11.3. The summed E-state index contributed by atoms with van der Waals surface area (Å²) in [5.74, 6) is 0. The van der Waals surface area contributed by atoms with Crippen molar-refractivity contribution in [3.05, 3.63) is 39.9 Å². The molecule has 1 aromatic carbocycles. The molecule has 0 aliphatic carbocycles. The number of rotatable bonds is 4. The van der Waals surface area contributed by atoms with E-state index in [4.69, 9.17) is 5.73 Å². The topological polar surface area (TPSA) is 72.4 Å². The van der Waals surface area contributed by atoms with E-state index in [1.54, 1.807) is 12.1 Å². The number of nitrogens with zero attached hydrogens (tertiary/aromatic N) is 2. The van der Waals surface area contributed by atoms with Crippen molar-refractivity contribution >= 4 is 5.69 Å². The first-order chi connectivity index (χ1) is 9.13. The van der Waals surface area contributed by atoms with Crippen LogP contribution in [0.5, 0.6) is 0 Å². The van der Waals surface area contributed by atoms with Crippen LogP contribution in [0.3, 0.4) is 0 Å². The molecule has 0 aromatic heterocycles. The van der Waals surface area contributed by atoms with Gasteiger partial charge in [0.2, 0.25) is 0 Å². The highest BCUT2D eigenvalue weighted by Gasteiger charge is 2.26. The molecule has 1 aliphatic rings. The first kappa shape index (κ1) is 14.0. The van der Waals surface area contributed by atoms with Crippen LogP contribution in [0.4, 0.5) is 5.69 Å². The zero-order valence-corrected chi connectivity index (χ0v) is 11.3. The third-order valence-corrected chi connectivity index (χ3v) is 4.01. The molecule has 0 bridgehead atoms. The summed E-state index contributed by atoms with van der Waals surface area (Å²) in [5, 5.41) is 10.8. The smallest absolute Gasteiger partial charge is 0.269 e. The standard InChI is InChI=1S/C14H21N3O2/c1-11(16-8-3-2-6-14(16)10-15)12-5-4-7-13(9-12)17(18)19/h4-5,7,9,11,14H,2-3,6,8,10,15H2,1H3. The molecule has 1 aromatic rings. The van der Waals surface area contributed by atoms with Gasteiger partial charge in [-0.3, -0.25) is 15.0 Å². The lowest BCUT2D eigenvalue weighted by Crippen LogP contribution is -2.45. The molecular weight excluding hydrogens is 242 g/mol. The van der Waals surface area contributed by atoms with E-state index in [9.17, 15) is 10.1 Å². The number of likely N-dealkylation sites (tertiary alicyclic amines) is 1. The number of hydrogen-bond donors (Lipinski definition) is 1. The monoisotopic (exact) mass is 263 g/mol. The molecule has 2 rings (SSSR count). The number of nitro benzene ring substituents is 1. The summed E-state index contributed by atoms with van der Waals surface area (Å²) in [5.41, 5.74) is 6.99. The van der Waals surface area contributed by atoms with E-state index in [1.165, 1.54) is 18.9 Å². The number of benzene rings is 1. The third-order valence-electron chi connectivity index (χ3n) is 4.01. The molecule has 2 unspecified atom stereocenters. The zero-order chi connectivity index (χ0) is 13.8. The minimum absolute atomic E-state index is 0.158. The van der Waals surface area contributed by atoms with Crippen molar-refractivity contribution < 1.29 is 4.92 Å². The number of non-ortho nitro benzene ring substituents is 1. The Balaban J connectivity index is 2.20. The molecule has 19 heavy (non-hydrogen) atoms. The van der Waals surface area contributed by atoms with Crippen LogP contribution in [0.1, 0.15) is 37.8 Å². The summed E-state index contributed by atoms with van der Waals surface area (Å²) >= 11 is 0. The summed E-state index contributed by atoms with van der Waals surface area (Å²) in [6.45, 7) is 3.78. The molecule has 0 amide bonds. The Labute approximate surface area is 113 Å². The predicted octanol–water partition coefficient (Wildman–Crippen LogP) is 2.47. The molecule has 1 aliphatic heterocycles. The average Bonchev–Trinajstić information content (AvgIpc) is 2.46. The SMILES string of the molecule is CC(c1cccc([N+](=O)[O-])c1)N1CCCCC1CN. The van der Waals surface area contributed by atoms with Crippen molar-refractivity contribution in [2.75, 3.05) is 13.1 Å². The van der Waals surface area contributed by atoms with E-state index >= 15 is 0 Å². The van der Waals surface area contributed by atoms with E-state index in [-0.39, 0.29) is 16.7 Å². The predicted molar refractivity (Wildman–Crippen MR) is 74.9 cm³/mol. The van der Waals surface area contributed by atoms with Gasteiger partial charge in [0.1, 0.15) is 0 Å². The van der Waals surface area contributed by atoms with Crippen molar-refractivity contribution in [3.8, 4) is 0 Å². The van der Waals surface area contributed by atoms with Crippen molar-refractivity contribution in [1.29, 1.82) is 0 Å². The average molecular weight is 263 g/mol. The second-order valence-corrected chi connectivity index (χ2v) is 5.15. The summed E-state index contributed by atoms with van der Waals surface area (Å²) < 4.78 is 0. The summed E-state index contributed by atoms with van der Waals surface area (Å²) in [4.78, 5) is 12.9. The lowest BCUT2D eigenvalue weighted by molar-refractivity contribution is -0.385. The number of nitrogens with two attached hydrogens (primary N) is 1. The van der Waals surface area contributed by atoms with Crippen LogP contribution in [-0.4, -0.2) is 29.0 Å². The van der Waals surface area contributed by atoms with Gasteiger partial charge in [-0.1, -0.05) is 18.6 Å². The summed E-state index contributed by atoms with van der Waals surface area (Å²) in [6, 6.07) is 7.49. The van der Waals surface area contributed by atoms with E-state index in [2.05, 4.69) is 11.8 Å². The molecule has 2 atom stereocenters. The maximum atomic E-state index is 10.8. The fourth-order valence-electron chi connectivity index (χ4n) is 2.88. The number of hydrogen-bond acceptors (Lipinski definition) is 4. The molecule has 1 saturated heterocycles. The van der Waals surface area contributed by atoms with Gasteiger partial charge < -0.3 is 5.73 Å². The Kier molecular flexibility index (Phi) is 4.50. The van der Waals surface area contributed by atoms with Crippen LogP contribution < -0.4 is 5.73 Å². The van der Waals surface area contributed by atoms with Crippen molar-refractivity contribution in [3.63, 3.8) is 0 Å². The largest absolute Gasteiger partial charge is 0.329 e. The molecule has 0 spiro atoms. The summed E-state index contributed by atoms with van der Waals surface area (Å²) in [6.07, 6.45) is 3.52. The Bertz CT molecular complexity index is 450. The van der Waals surface area contributed by atoms with Gasteiger partial charge in [0.25, 0.3) is 5.69 Å². The van der Waals surface area contributed by atoms with Gasteiger partial charge in [0.05, 0.1) is 4.92 Å². The highest BCUT2D eigenvalue weighted by atomic mass is 16.6. The van der Waals surface area contributed by atoms with Gasteiger partial charge in [-0.25, -0.2) is 0 Å². The lowest BCUT2D eigenvalue weighted by atomic mass is 9.97. The van der Waals surface area contributed by atoms with Crippen LogP contribution in [0.25, 0.3) is 0 Å². The van der Waals surface area contributed by atoms with E-state index < -0.39 is 0 Å². The van der Waals surface area contributed by atoms with Gasteiger partial charge in [-0.05, 0) is 31.9 Å². The normalized spacial score (nSPS) is 22.1. The first-order valence-corrected chi connectivity index (χ1v) is 6.83. The van der Waals surface area contributed by atoms with Crippen molar-refractivity contribution in [1.82, 2.24) is 4.90 Å². The molecule has 1 fully saturated rings. The van der Waals surface area contributed by atoms with E-state index in [1.807, 2.05) is 6.07 Å². The van der Waals surface area contributed by atoms with Crippen LogP contribution in [0.15, 0.2) is 24.3 Å². The van der Waals surface area contributed by atoms with Crippen LogP contribution in [0, 0.1) is 10.1 Å². The maximum absolute atomic E-state index is 10.8. The lowest BCUT2D eigenvalue weighted by Gasteiger charge is -2.39. The van der Waals surface area contributed by atoms with Gasteiger partial charge >= 0.3 is 0 Å². The van der Waals surface area contributed by atoms with Crippen LogP contribution in [-0.2, 0) is 0 Å². The second-order valence-electron chi connectivity index (χ2n) is 5.15. The van der Waals surface area contributed by atoms with Gasteiger partial charge in [0.15, 0.2) is 0 Å². The summed E-state index contributed by atoms with van der Waals surface area (Å²) in [7, 11) is 0. The Morgan fingerprint density at radius 1 is 1.53 bits per heavy atom. The van der Waals surface area contributed by atoms with E-state index in [0.29, 0.717) is 12.6 Å². The fourth-order valence-corrected chi connectivity index (χ4v) is 2.88. The quantitative estimate of drug-likeness (QED) is 0.669. The molecule has 0 saturated carbocycles. The van der Waals surface area contributed by atoms with Gasteiger partial charge in [0, 0.05) is 30.8 Å². The minimum atomic E-state index is -0.340. The van der Waals surface area contributed by atoms with Crippen LogP contribution in [0.2, 0.25) is 0 Å². The van der Waals surface area contributed by atoms with Gasteiger partial charge in [-0.15, -0.1) is 0 Å². The van der Waals surface area contributed by atoms with Crippen molar-refractivity contribution in [2.24, 2.45) is 5.73 Å². The molecule has 1 heterocycles. The molecule has 2 N–H and O–H groups in total. The first-order valence-electron chi connectivity index (χ1n) is 6.83. The van der Waals surface area contributed by atoms with Crippen LogP contribution >= 0.6 is 0 Å². The Morgan fingerprint density at radius 2 is 2.32 bits per heavy atom. The fraction of sp³-hybridized carbons (Fsp3) is 0.571. The molecule has 5 heteroatoms. The highest BCUT2D eigenvalue weighted by molar-refractivity contribution is 5.35. The third kappa shape index (κ3) is 3.11. The highest BCUT2D eigenvalue weighted by Crippen LogP contribution is 2.29. The molecule has 104 valence electrons.